The number of ether oxygens (including phenoxy) is 1. The molecule has 1 amide bonds. The minimum atomic E-state index is -0.0101. The maximum atomic E-state index is 12.4. The van der Waals surface area contributed by atoms with E-state index in [0.717, 1.165) is 29.6 Å². The molecule has 2 unspecified atom stereocenters. The summed E-state index contributed by atoms with van der Waals surface area (Å²) in [5.74, 6) is -0.00298. The lowest BCUT2D eigenvalue weighted by Crippen LogP contribution is -2.61. The predicted molar refractivity (Wildman–Crippen MR) is 82.9 cm³/mol. The molecule has 0 aromatic carbocycles. The van der Waals surface area contributed by atoms with E-state index < -0.39 is 0 Å². The van der Waals surface area contributed by atoms with Gasteiger partial charge in [-0.15, -0.1) is 0 Å². The van der Waals surface area contributed by atoms with Crippen LogP contribution in [0.4, 0.5) is 0 Å². The Balaban J connectivity index is 2.06. The quantitative estimate of drug-likeness (QED) is 0.892. The van der Waals surface area contributed by atoms with E-state index in [1.807, 2.05) is 16.8 Å². The number of carbonyl (C=O) groups is 1. The molecular weight excluding hydrogens is 320 g/mol. The van der Waals surface area contributed by atoms with Gasteiger partial charge in [0, 0.05) is 35.8 Å². The van der Waals surface area contributed by atoms with Gasteiger partial charge in [-0.2, -0.15) is 0 Å². The number of hydrogen-bond acceptors (Lipinski definition) is 2. The fraction of sp³-hybridized carbons (Fsp3) is 0.667. The molecule has 1 aromatic rings. The maximum absolute atomic E-state index is 12.4. The number of carbonyl (C=O) groups excluding carboxylic acids is 1. The summed E-state index contributed by atoms with van der Waals surface area (Å²) in [7, 11) is 1.73. The van der Waals surface area contributed by atoms with E-state index in [2.05, 4.69) is 42.0 Å². The minimum Gasteiger partial charge on any atom is -0.381 e. The molecule has 1 N–H and O–H groups in total. The number of aromatic nitrogens is 1. The number of nitrogens with zero attached hydrogens (tertiary/aromatic N) is 1. The number of rotatable bonds is 5. The van der Waals surface area contributed by atoms with Crippen molar-refractivity contribution in [1.82, 2.24) is 9.88 Å². The van der Waals surface area contributed by atoms with Crippen LogP contribution in [0.5, 0.6) is 0 Å². The molecule has 20 heavy (non-hydrogen) atoms. The normalized spacial score (nSPS) is 24.2. The van der Waals surface area contributed by atoms with Crippen LogP contribution in [0.15, 0.2) is 16.7 Å². The van der Waals surface area contributed by atoms with Crippen LogP contribution in [0, 0.1) is 5.41 Å². The lowest BCUT2D eigenvalue weighted by atomic mass is 9.64. The number of halogens is 1. The molecule has 0 radical (unpaired) electrons. The Bertz CT molecular complexity index is 496. The van der Waals surface area contributed by atoms with Gasteiger partial charge in [0.15, 0.2) is 0 Å². The van der Waals surface area contributed by atoms with Gasteiger partial charge in [-0.05, 0) is 34.8 Å². The third kappa shape index (κ3) is 2.79. The van der Waals surface area contributed by atoms with Gasteiger partial charge in [-0.25, -0.2) is 0 Å². The summed E-state index contributed by atoms with van der Waals surface area (Å²) >= 11 is 3.44. The molecule has 4 nitrogen and oxygen atoms in total. The van der Waals surface area contributed by atoms with E-state index in [1.54, 1.807) is 7.11 Å². The highest BCUT2D eigenvalue weighted by Gasteiger charge is 2.49. The largest absolute Gasteiger partial charge is 0.381 e. The molecule has 1 heterocycles. The highest BCUT2D eigenvalue weighted by atomic mass is 79.9. The smallest absolute Gasteiger partial charge is 0.268 e. The van der Waals surface area contributed by atoms with Crippen molar-refractivity contribution >= 4 is 21.8 Å². The molecule has 0 aliphatic heterocycles. The first-order chi connectivity index (χ1) is 9.40. The molecule has 0 spiro atoms. The van der Waals surface area contributed by atoms with E-state index in [4.69, 9.17) is 4.74 Å². The fourth-order valence-corrected chi connectivity index (χ4v) is 3.32. The van der Waals surface area contributed by atoms with Gasteiger partial charge in [-0.3, -0.25) is 4.79 Å². The van der Waals surface area contributed by atoms with Crippen molar-refractivity contribution in [2.45, 2.75) is 52.3 Å². The van der Waals surface area contributed by atoms with Gasteiger partial charge in [0.25, 0.3) is 5.91 Å². The first kappa shape index (κ1) is 15.6. The van der Waals surface area contributed by atoms with Gasteiger partial charge in [0.2, 0.25) is 0 Å². The van der Waals surface area contributed by atoms with Gasteiger partial charge in [0.1, 0.15) is 5.69 Å². The van der Waals surface area contributed by atoms with Gasteiger partial charge < -0.3 is 14.6 Å². The molecule has 112 valence electrons. The molecule has 1 aromatic heterocycles. The van der Waals surface area contributed by atoms with Crippen molar-refractivity contribution in [3.05, 3.63) is 22.4 Å². The molecule has 1 aliphatic carbocycles. The average Bonchev–Trinajstić information content (AvgIpc) is 2.75. The Labute approximate surface area is 129 Å². The summed E-state index contributed by atoms with van der Waals surface area (Å²) in [6.45, 7) is 7.23. The first-order valence-corrected chi connectivity index (χ1v) is 7.88. The van der Waals surface area contributed by atoms with E-state index >= 15 is 0 Å². The molecule has 1 aliphatic rings. The number of hydrogen-bond donors (Lipinski definition) is 1. The van der Waals surface area contributed by atoms with E-state index in [1.165, 1.54) is 0 Å². The second kappa shape index (κ2) is 5.90. The van der Waals surface area contributed by atoms with Crippen molar-refractivity contribution in [2.24, 2.45) is 5.41 Å². The van der Waals surface area contributed by atoms with Crippen molar-refractivity contribution < 1.29 is 9.53 Å². The molecule has 5 heteroatoms. The van der Waals surface area contributed by atoms with Crippen molar-refractivity contribution in [3.63, 3.8) is 0 Å². The molecule has 0 saturated heterocycles. The third-order valence-electron chi connectivity index (χ3n) is 4.33. The second-order valence-corrected chi connectivity index (χ2v) is 6.96. The van der Waals surface area contributed by atoms with Crippen LogP contribution in [-0.2, 0) is 11.3 Å². The first-order valence-electron chi connectivity index (χ1n) is 7.09. The Morgan fingerprint density at radius 3 is 2.85 bits per heavy atom. The molecule has 0 bridgehead atoms. The number of methoxy groups -OCH3 is 1. The molecule has 2 atom stereocenters. The zero-order chi connectivity index (χ0) is 14.9. The average molecular weight is 343 g/mol. The summed E-state index contributed by atoms with van der Waals surface area (Å²) in [5, 5.41) is 3.14. The van der Waals surface area contributed by atoms with E-state index in [-0.39, 0.29) is 23.5 Å². The zero-order valence-corrected chi connectivity index (χ0v) is 14.2. The lowest BCUT2D eigenvalue weighted by molar-refractivity contribution is -0.0943. The summed E-state index contributed by atoms with van der Waals surface area (Å²) in [6.07, 6.45) is 4.07. The van der Waals surface area contributed by atoms with E-state index in [0.29, 0.717) is 0 Å². The molecule has 2 rings (SSSR count). The molecule has 1 saturated carbocycles. The van der Waals surface area contributed by atoms with Crippen LogP contribution < -0.4 is 5.32 Å². The monoisotopic (exact) mass is 342 g/mol. The topological polar surface area (TPSA) is 43.3 Å². The van der Waals surface area contributed by atoms with Crippen LogP contribution >= 0.6 is 15.9 Å². The summed E-state index contributed by atoms with van der Waals surface area (Å²) < 4.78 is 8.36. The highest BCUT2D eigenvalue weighted by molar-refractivity contribution is 9.10. The lowest BCUT2D eigenvalue weighted by Gasteiger charge is -2.51. The SMILES string of the molecule is CCCn1cc(Br)cc1C(=O)NC1CC(OC)C1(C)C. The van der Waals surface area contributed by atoms with Gasteiger partial charge >= 0.3 is 0 Å². The van der Waals surface area contributed by atoms with Crippen molar-refractivity contribution in [2.75, 3.05) is 7.11 Å². The van der Waals surface area contributed by atoms with Crippen LogP contribution in [0.25, 0.3) is 0 Å². The van der Waals surface area contributed by atoms with Crippen molar-refractivity contribution in [1.29, 1.82) is 0 Å². The number of nitrogens with one attached hydrogen (secondary N) is 1. The standard InChI is InChI=1S/C15H23BrN2O2/c1-5-6-18-9-10(16)7-11(18)14(19)17-12-8-13(20-4)15(12,2)3/h7,9,12-13H,5-6,8H2,1-4H3,(H,17,19). The van der Waals surface area contributed by atoms with Crippen LogP contribution in [0.3, 0.4) is 0 Å². The number of amides is 1. The fourth-order valence-electron chi connectivity index (χ4n) is 2.85. The minimum absolute atomic E-state index is 0.00298. The summed E-state index contributed by atoms with van der Waals surface area (Å²) in [4.78, 5) is 12.4. The maximum Gasteiger partial charge on any atom is 0.268 e. The molecular formula is C15H23BrN2O2. The Morgan fingerprint density at radius 1 is 1.60 bits per heavy atom. The van der Waals surface area contributed by atoms with Crippen LogP contribution in [-0.4, -0.2) is 29.7 Å². The van der Waals surface area contributed by atoms with Crippen molar-refractivity contribution in [3.8, 4) is 0 Å². The Morgan fingerprint density at radius 2 is 2.30 bits per heavy atom. The third-order valence-corrected chi connectivity index (χ3v) is 4.76. The number of aryl methyl sites for hydroxylation is 1. The Kier molecular flexibility index (Phi) is 4.59. The second-order valence-electron chi connectivity index (χ2n) is 6.04. The van der Waals surface area contributed by atoms with Gasteiger partial charge in [-0.1, -0.05) is 20.8 Å². The zero-order valence-electron chi connectivity index (χ0n) is 12.6. The Hall–Kier alpha value is -0.810. The predicted octanol–water partition coefficient (Wildman–Crippen LogP) is 3.20. The molecule has 1 fully saturated rings. The van der Waals surface area contributed by atoms with Crippen LogP contribution in [0.1, 0.15) is 44.1 Å². The van der Waals surface area contributed by atoms with E-state index in [9.17, 15) is 4.79 Å². The highest BCUT2D eigenvalue weighted by Crippen LogP contribution is 2.42. The van der Waals surface area contributed by atoms with Crippen LogP contribution in [0.2, 0.25) is 0 Å². The summed E-state index contributed by atoms with van der Waals surface area (Å²) in [6, 6.07) is 2.05. The van der Waals surface area contributed by atoms with Gasteiger partial charge in [0.05, 0.1) is 6.10 Å². The summed E-state index contributed by atoms with van der Waals surface area (Å²) in [5.41, 5.74) is 0.708.